The molecule has 0 aliphatic rings. The normalized spacial score (nSPS) is 9.47. The molecular weight excluding hydrogens is 249 g/mol. The summed E-state index contributed by atoms with van der Waals surface area (Å²) in [6.45, 7) is 21.6. The Balaban J connectivity index is -0.0000000865. The van der Waals surface area contributed by atoms with Crippen LogP contribution in [0.4, 0.5) is 0 Å². The first kappa shape index (κ1) is 27.7. The van der Waals surface area contributed by atoms with Gasteiger partial charge in [-0.25, -0.2) is 0 Å². The van der Waals surface area contributed by atoms with Crippen molar-refractivity contribution in [1.29, 1.82) is 0 Å². The molecule has 0 saturated carbocycles. The molecule has 19 heavy (non-hydrogen) atoms. The fraction of sp³-hybridized carbons (Fsp3) is 1.00. The molecule has 0 atom stereocenters. The minimum Gasteiger partial charge on any atom is -0.660 e. The molecule has 0 saturated heterocycles. The second kappa shape index (κ2) is 23.5. The summed E-state index contributed by atoms with van der Waals surface area (Å²) in [6.07, 6.45) is 0. The van der Waals surface area contributed by atoms with Gasteiger partial charge in [0.1, 0.15) is 0 Å². The Morgan fingerprint density at radius 1 is 0.526 bits per heavy atom. The van der Waals surface area contributed by atoms with E-state index in [2.05, 4.69) is 78.3 Å². The molecule has 0 aromatic heterocycles. The Bertz CT molecular complexity index is 105. The third-order valence-electron chi connectivity index (χ3n) is 1.64. The maximum absolute atomic E-state index is 4.12. The van der Waals surface area contributed by atoms with Crippen LogP contribution in [-0.2, 0) is 0 Å². The van der Waals surface area contributed by atoms with Crippen molar-refractivity contribution in [2.45, 2.75) is 80.4 Å². The van der Waals surface area contributed by atoms with Crippen molar-refractivity contribution in [2.75, 3.05) is 19.6 Å². The smallest absolute Gasteiger partial charge is 0.660 e. The van der Waals surface area contributed by atoms with Gasteiger partial charge in [0.05, 0.1) is 0 Å². The van der Waals surface area contributed by atoms with E-state index in [-0.39, 0.29) is 17.4 Å². The summed E-state index contributed by atoms with van der Waals surface area (Å²) in [7, 11) is 0. The first-order valence-corrected chi connectivity index (χ1v) is 7.31. The van der Waals surface area contributed by atoms with Crippen molar-refractivity contribution in [1.82, 2.24) is 0 Å². The van der Waals surface area contributed by atoms with Gasteiger partial charge in [0.2, 0.25) is 0 Å². The molecule has 0 spiro atoms. The fourth-order valence-corrected chi connectivity index (χ4v) is 1.10. The first-order chi connectivity index (χ1) is 8.31. The van der Waals surface area contributed by atoms with Gasteiger partial charge in [-0.2, -0.15) is 19.6 Å². The number of nitrogens with zero attached hydrogens (tertiary/aromatic N) is 3. The van der Waals surface area contributed by atoms with Gasteiger partial charge in [0, 0.05) is 0 Å². The molecule has 0 amide bonds. The molecule has 0 fully saturated rings. The molecular formula is C15H36AlN3. The van der Waals surface area contributed by atoms with Crippen molar-refractivity contribution in [3.05, 3.63) is 16.0 Å². The van der Waals surface area contributed by atoms with Crippen LogP contribution in [0.5, 0.6) is 0 Å². The van der Waals surface area contributed by atoms with Crippen LogP contribution in [0, 0.1) is 0 Å². The molecule has 0 rings (SSSR count). The molecule has 114 valence electrons. The van der Waals surface area contributed by atoms with Gasteiger partial charge in [-0.3, -0.25) is 0 Å². The molecule has 0 radical (unpaired) electrons. The molecule has 0 heterocycles. The van der Waals surface area contributed by atoms with Gasteiger partial charge >= 0.3 is 17.4 Å². The molecule has 0 unspecified atom stereocenters. The molecule has 3 nitrogen and oxygen atoms in total. The number of hydrogen-bond donors (Lipinski definition) is 0. The fourth-order valence-electron chi connectivity index (χ4n) is 1.10. The minimum absolute atomic E-state index is 0. The molecule has 0 N–H and O–H groups in total. The number of rotatable bonds is 6. The third kappa shape index (κ3) is 56.0. The van der Waals surface area contributed by atoms with Gasteiger partial charge in [-0.1, -0.05) is 62.3 Å². The SMILES string of the molecule is CC[N-]C(C)C.CC[N-]C(C)C.CC[N-]C(C)C.[Al+3]. The van der Waals surface area contributed by atoms with Crippen molar-refractivity contribution < 1.29 is 0 Å². The Hall–Kier alpha value is 0.412. The van der Waals surface area contributed by atoms with Crippen LogP contribution >= 0.6 is 0 Å². The van der Waals surface area contributed by atoms with Crippen LogP contribution in [0.2, 0.25) is 0 Å². The van der Waals surface area contributed by atoms with Crippen molar-refractivity contribution in [3.63, 3.8) is 0 Å². The average molecular weight is 285 g/mol. The van der Waals surface area contributed by atoms with Crippen molar-refractivity contribution in [3.8, 4) is 0 Å². The second-order valence-corrected chi connectivity index (χ2v) is 4.78. The van der Waals surface area contributed by atoms with E-state index in [0.717, 1.165) is 19.6 Å². The first-order valence-electron chi connectivity index (χ1n) is 7.31. The summed E-state index contributed by atoms with van der Waals surface area (Å²) in [6, 6.07) is 1.57. The van der Waals surface area contributed by atoms with Crippen LogP contribution in [0.1, 0.15) is 62.3 Å². The van der Waals surface area contributed by atoms with Crippen LogP contribution in [-0.4, -0.2) is 55.1 Å². The zero-order valence-corrected chi connectivity index (χ0v) is 15.9. The Labute approximate surface area is 133 Å². The Kier molecular flexibility index (Phi) is 34.3. The maximum Gasteiger partial charge on any atom is 3.00 e. The summed E-state index contributed by atoms with van der Waals surface area (Å²) in [5.74, 6) is 0. The van der Waals surface area contributed by atoms with Gasteiger partial charge in [-0.15, -0.1) is 18.1 Å². The van der Waals surface area contributed by atoms with Gasteiger partial charge in [-0.05, 0) is 0 Å². The molecule has 0 aromatic carbocycles. The standard InChI is InChI=1S/3C5H12N.Al/c3*1-4-6-5(2)3;/h3*5H,4H2,1-3H3;/q3*-1;+3. The summed E-state index contributed by atoms with van der Waals surface area (Å²) in [5.41, 5.74) is 0. The second-order valence-electron chi connectivity index (χ2n) is 4.78. The van der Waals surface area contributed by atoms with E-state index in [0.29, 0.717) is 18.1 Å². The predicted octanol–water partition coefficient (Wildman–Crippen LogP) is 4.98. The van der Waals surface area contributed by atoms with E-state index in [1.54, 1.807) is 0 Å². The molecule has 0 bridgehead atoms. The van der Waals surface area contributed by atoms with E-state index >= 15 is 0 Å². The van der Waals surface area contributed by atoms with E-state index in [4.69, 9.17) is 0 Å². The maximum atomic E-state index is 4.12. The van der Waals surface area contributed by atoms with Crippen LogP contribution in [0.25, 0.3) is 16.0 Å². The molecule has 4 heteroatoms. The van der Waals surface area contributed by atoms with Crippen molar-refractivity contribution in [2.24, 2.45) is 0 Å². The summed E-state index contributed by atoms with van der Waals surface area (Å²) in [5, 5.41) is 12.4. The van der Waals surface area contributed by atoms with E-state index < -0.39 is 0 Å². The molecule has 0 aliphatic heterocycles. The van der Waals surface area contributed by atoms with Crippen LogP contribution in [0.15, 0.2) is 0 Å². The summed E-state index contributed by atoms with van der Waals surface area (Å²) in [4.78, 5) is 0. The largest absolute Gasteiger partial charge is 3.00 e. The van der Waals surface area contributed by atoms with Gasteiger partial charge in [0.15, 0.2) is 0 Å². The van der Waals surface area contributed by atoms with Gasteiger partial charge in [0.25, 0.3) is 0 Å². The Morgan fingerprint density at radius 3 is 0.684 bits per heavy atom. The van der Waals surface area contributed by atoms with Gasteiger partial charge < -0.3 is 16.0 Å². The third-order valence-corrected chi connectivity index (χ3v) is 1.64. The van der Waals surface area contributed by atoms with E-state index in [1.807, 2.05) is 0 Å². The molecule has 0 aliphatic carbocycles. The summed E-state index contributed by atoms with van der Waals surface area (Å²) < 4.78 is 0. The van der Waals surface area contributed by atoms with E-state index in [1.165, 1.54) is 0 Å². The van der Waals surface area contributed by atoms with Crippen LogP contribution in [0.3, 0.4) is 0 Å². The van der Waals surface area contributed by atoms with Crippen molar-refractivity contribution >= 4 is 17.4 Å². The zero-order chi connectivity index (χ0) is 15.0. The summed E-state index contributed by atoms with van der Waals surface area (Å²) >= 11 is 0. The average Bonchev–Trinajstić information content (AvgIpc) is 2.18. The minimum atomic E-state index is 0. The Morgan fingerprint density at radius 2 is 0.684 bits per heavy atom. The predicted molar refractivity (Wildman–Crippen MR) is 92.9 cm³/mol. The molecule has 0 aromatic rings. The quantitative estimate of drug-likeness (QED) is 0.617. The monoisotopic (exact) mass is 285 g/mol. The number of hydrogen-bond acceptors (Lipinski definition) is 0. The topological polar surface area (TPSA) is 42.3 Å². The zero-order valence-electron chi connectivity index (χ0n) is 14.8. The van der Waals surface area contributed by atoms with Crippen LogP contribution < -0.4 is 0 Å². The van der Waals surface area contributed by atoms with E-state index in [9.17, 15) is 0 Å².